The molecule has 0 aliphatic rings. The van der Waals surface area contributed by atoms with Gasteiger partial charge in [-0.2, -0.15) is 9.82 Å². The number of aromatic nitrogens is 2. The number of rotatable bonds is 4. The van der Waals surface area contributed by atoms with Crippen molar-refractivity contribution in [2.24, 2.45) is 10.4 Å². The molecule has 0 atom stereocenters. The fourth-order valence-electron chi connectivity index (χ4n) is 1.27. The number of hydrogen-bond acceptors (Lipinski definition) is 16. The van der Waals surface area contributed by atoms with E-state index in [1.807, 2.05) is 0 Å². The number of thiocarbonyl (C=S) groups is 4. The molecule has 0 saturated heterocycles. The molecule has 2 N–H and O–H groups in total. The van der Waals surface area contributed by atoms with Gasteiger partial charge >= 0.3 is 37.3 Å². The third-order valence-corrected chi connectivity index (χ3v) is 5.62. The average Bonchev–Trinajstić information content (AvgIpc) is 3.53. The van der Waals surface area contributed by atoms with E-state index in [2.05, 4.69) is 41.1 Å². The molecule has 0 bridgehead atoms. The number of nitrogens with zero attached hydrogens (tertiary/aromatic N) is 10. The molecule has 0 unspecified atom stereocenters. The zero-order valence-corrected chi connectivity index (χ0v) is 24.6. The Hall–Kier alpha value is -1.97. The van der Waals surface area contributed by atoms with E-state index in [-0.39, 0.29) is 29.3 Å². The SMILES string of the molecule is [N-]=[N+]=NNC(=S)SN(C(=S)[S-])c1ncco1.[N-]=[N+]=NNC(=S)SN(C(=S)[S-])c1ncco1.[O]=[Mo+2]=[O]. The molecule has 35 heavy (non-hydrogen) atoms. The van der Waals surface area contributed by atoms with E-state index in [9.17, 15) is 0 Å². The van der Waals surface area contributed by atoms with Crippen molar-refractivity contribution in [3.05, 3.63) is 45.8 Å². The van der Waals surface area contributed by atoms with Gasteiger partial charge in [-0.3, -0.25) is 0 Å². The van der Waals surface area contributed by atoms with Crippen LogP contribution in [0.1, 0.15) is 0 Å². The van der Waals surface area contributed by atoms with Crippen molar-refractivity contribution in [1.29, 1.82) is 0 Å². The van der Waals surface area contributed by atoms with Gasteiger partial charge in [0.1, 0.15) is 12.5 Å². The monoisotopic (exact) mass is 712 g/mol. The van der Waals surface area contributed by atoms with Crippen molar-refractivity contribution in [1.82, 2.24) is 20.8 Å². The summed E-state index contributed by atoms with van der Waals surface area (Å²) in [6.45, 7) is 0. The second-order valence-corrected chi connectivity index (χ2v) is 9.82. The van der Waals surface area contributed by atoms with Crippen LogP contribution in [-0.4, -0.2) is 27.3 Å². The molecule has 0 aromatic carbocycles. The van der Waals surface area contributed by atoms with Crippen LogP contribution < -0.4 is 19.5 Å². The third-order valence-electron chi connectivity index (χ3n) is 2.24. The molecule has 2 aromatic heterocycles. The van der Waals surface area contributed by atoms with E-state index in [1.165, 1.54) is 33.5 Å². The first-order valence-corrected chi connectivity index (χ1v) is 13.1. The van der Waals surface area contributed by atoms with Gasteiger partial charge in [-0.1, -0.05) is 0 Å². The molecule has 0 fully saturated rings. The van der Waals surface area contributed by atoms with Crippen LogP contribution in [0.15, 0.2) is 44.2 Å². The first-order valence-electron chi connectivity index (χ1n) is 7.48. The maximum atomic E-state index is 8.50. The van der Waals surface area contributed by atoms with Crippen molar-refractivity contribution < 1.29 is 34.1 Å². The minimum atomic E-state index is -2.03. The molecule has 0 aliphatic carbocycles. The molecule has 2 heterocycles. The van der Waals surface area contributed by atoms with Crippen LogP contribution in [0.2, 0.25) is 0 Å². The summed E-state index contributed by atoms with van der Waals surface area (Å²) in [5.41, 5.74) is 20.7. The number of hydrogen-bond donors (Lipinski definition) is 2. The third kappa shape index (κ3) is 14.9. The Morgan fingerprint density at radius 1 is 0.914 bits per heavy atom. The van der Waals surface area contributed by atoms with Gasteiger partial charge in [-0.05, 0) is 43.5 Å². The zero-order valence-electron chi connectivity index (χ0n) is 16.1. The van der Waals surface area contributed by atoms with Crippen LogP contribution in [-0.2, 0) is 50.5 Å². The second kappa shape index (κ2) is 20.2. The van der Waals surface area contributed by atoms with E-state index >= 15 is 0 Å². The second-order valence-electron chi connectivity index (χ2n) is 4.18. The van der Waals surface area contributed by atoms with Gasteiger partial charge in [-0.25, -0.2) is 29.4 Å². The fourth-order valence-corrected chi connectivity index (χ4v) is 3.54. The van der Waals surface area contributed by atoms with Crippen LogP contribution in [0.3, 0.4) is 0 Å². The molecule has 2 rings (SSSR count). The first-order chi connectivity index (χ1) is 16.7. The fraction of sp³-hybridized carbons (Fsp3) is 0. The molecule has 0 saturated carbocycles. The van der Waals surface area contributed by atoms with Gasteiger partial charge in [-0.15, -0.1) is 11.1 Å². The normalized spacial score (nSPS) is 8.46. The average molecular weight is 711 g/mol. The van der Waals surface area contributed by atoms with Crippen LogP contribution in [0.25, 0.3) is 20.9 Å². The Morgan fingerprint density at radius 2 is 1.26 bits per heavy atom. The topological polar surface area (TPSA) is 214 Å². The standard InChI is InChI=1S/2C5H4N6OS4.Mo.2O/c2*6-9-10-8-4(13)16-11(5(14)15)3-7-1-2-12-3;;;/h2*1-2H,(H,8,13)(H,14,15);;;/q;;+2;;/p-2. The molecule has 25 heteroatoms. The van der Waals surface area contributed by atoms with E-state index in [0.717, 1.165) is 23.9 Å². The van der Waals surface area contributed by atoms with Gasteiger partial charge < -0.3 is 58.5 Å². The van der Waals surface area contributed by atoms with E-state index < -0.39 is 18.5 Å². The summed E-state index contributed by atoms with van der Waals surface area (Å²) in [4.78, 5) is 12.7. The van der Waals surface area contributed by atoms with Crippen LogP contribution in [0, 0.1) is 0 Å². The van der Waals surface area contributed by atoms with Gasteiger partial charge in [0.2, 0.25) is 8.64 Å². The van der Waals surface area contributed by atoms with E-state index in [1.54, 1.807) is 0 Å². The molecule has 0 spiro atoms. The van der Waals surface area contributed by atoms with E-state index in [0.29, 0.717) is 0 Å². The van der Waals surface area contributed by atoms with Crippen molar-refractivity contribution in [2.75, 3.05) is 8.61 Å². The molecule has 0 aliphatic heterocycles. The summed E-state index contributed by atoms with van der Waals surface area (Å²) < 4.78 is 30.2. The van der Waals surface area contributed by atoms with Crippen LogP contribution >= 0.6 is 72.8 Å². The molecule has 0 amide bonds. The summed E-state index contributed by atoms with van der Waals surface area (Å²) in [5.74, 6) is 0. The predicted octanol–water partition coefficient (Wildman–Crippen LogP) is 3.88. The Balaban J connectivity index is 0.000000594. The molecule has 184 valence electrons. The Bertz CT molecular complexity index is 1030. The molecule has 0 radical (unpaired) electrons. The summed E-state index contributed by atoms with van der Waals surface area (Å²) in [7, 11) is 0. The number of anilines is 2. The number of azide groups is 2. The number of nitrogens with one attached hydrogen (secondary N) is 2. The minimum absolute atomic E-state index is 0.0949. The maximum absolute atomic E-state index is 8.50. The van der Waals surface area contributed by atoms with Gasteiger partial charge in [0.25, 0.3) is 0 Å². The summed E-state index contributed by atoms with van der Waals surface area (Å²) in [6.07, 6.45) is 5.64. The van der Waals surface area contributed by atoms with Crippen molar-refractivity contribution >= 4 is 127 Å². The van der Waals surface area contributed by atoms with Crippen LogP contribution in [0.4, 0.5) is 12.0 Å². The van der Waals surface area contributed by atoms with Gasteiger partial charge in [0, 0.05) is 0 Å². The number of oxazole rings is 2. The Labute approximate surface area is 245 Å². The quantitative estimate of drug-likeness (QED) is 0.0673. The van der Waals surface area contributed by atoms with Gasteiger partial charge in [0.05, 0.1) is 36.3 Å². The Morgan fingerprint density at radius 3 is 1.49 bits per heavy atom. The van der Waals surface area contributed by atoms with Crippen molar-refractivity contribution in [2.45, 2.75) is 0 Å². The van der Waals surface area contributed by atoms with Gasteiger partial charge in [0.15, 0.2) is 0 Å². The first kappa shape index (κ1) is 33.0. The van der Waals surface area contributed by atoms with E-state index in [4.69, 9.17) is 101 Å². The molecular formula is C10H6MoN12O4S8. The Kier molecular flexibility index (Phi) is 19.1. The van der Waals surface area contributed by atoms with Crippen molar-refractivity contribution in [3.8, 4) is 0 Å². The zero-order chi connectivity index (χ0) is 26.6. The molecule has 16 nitrogen and oxygen atoms in total. The summed E-state index contributed by atoms with van der Waals surface area (Å²) in [5, 5.41) is 6.16. The van der Waals surface area contributed by atoms with Crippen molar-refractivity contribution in [3.63, 3.8) is 0 Å². The summed E-state index contributed by atoms with van der Waals surface area (Å²) in [6, 6.07) is 0.408. The molecule has 2 aromatic rings. The predicted molar refractivity (Wildman–Crippen MR) is 144 cm³/mol. The molecular weight excluding hydrogens is 705 g/mol. The summed E-state index contributed by atoms with van der Waals surface area (Å²) >= 11 is 28.9. The van der Waals surface area contributed by atoms with Crippen LogP contribution in [0.5, 0.6) is 0 Å².